The minimum absolute atomic E-state index is 0.106. The third-order valence-corrected chi connectivity index (χ3v) is 4.19. The van der Waals surface area contributed by atoms with Crippen LogP contribution in [-0.4, -0.2) is 53.7 Å². The van der Waals surface area contributed by atoms with E-state index in [4.69, 9.17) is 10.00 Å². The van der Waals surface area contributed by atoms with Gasteiger partial charge in [0.15, 0.2) is 0 Å². The molecule has 1 aliphatic heterocycles. The molecule has 1 aliphatic rings. The third-order valence-electron chi connectivity index (χ3n) is 4.19. The van der Waals surface area contributed by atoms with Gasteiger partial charge in [0.25, 0.3) is 0 Å². The van der Waals surface area contributed by atoms with Crippen molar-refractivity contribution in [2.75, 3.05) is 26.2 Å². The van der Waals surface area contributed by atoms with Crippen molar-refractivity contribution < 1.29 is 27.5 Å². The van der Waals surface area contributed by atoms with Gasteiger partial charge in [-0.1, -0.05) is 6.07 Å². The van der Waals surface area contributed by atoms with Gasteiger partial charge in [-0.2, -0.15) is 18.4 Å². The zero-order chi connectivity index (χ0) is 21.8. The molecule has 158 valence electrons. The highest BCUT2D eigenvalue weighted by molar-refractivity contribution is 5.75. The molecule has 1 aromatic rings. The van der Waals surface area contributed by atoms with Crippen molar-refractivity contribution >= 4 is 12.1 Å². The fourth-order valence-corrected chi connectivity index (χ4v) is 2.77. The molecule has 1 fully saturated rings. The minimum Gasteiger partial charge on any atom is -0.444 e. The Kier molecular flexibility index (Phi) is 6.62. The van der Waals surface area contributed by atoms with E-state index in [1.807, 2.05) is 0 Å². The largest absolute Gasteiger partial charge is 0.444 e. The van der Waals surface area contributed by atoms with Gasteiger partial charge in [-0.3, -0.25) is 0 Å². The first kappa shape index (κ1) is 22.3. The lowest BCUT2D eigenvalue weighted by molar-refractivity contribution is -0.138. The fraction of sp³-hybridized carbons (Fsp3) is 0.526. The van der Waals surface area contributed by atoms with Gasteiger partial charge in [0, 0.05) is 32.7 Å². The maximum absolute atomic E-state index is 13.2. The molecular formula is C19H23F3N4O3. The average Bonchev–Trinajstić information content (AvgIpc) is 2.64. The van der Waals surface area contributed by atoms with Crippen molar-refractivity contribution in [1.82, 2.24) is 15.1 Å². The first-order valence-corrected chi connectivity index (χ1v) is 9.01. The fourth-order valence-electron chi connectivity index (χ4n) is 2.77. The third kappa shape index (κ3) is 6.27. The maximum atomic E-state index is 13.2. The van der Waals surface area contributed by atoms with Crippen molar-refractivity contribution in [3.05, 3.63) is 34.9 Å². The Labute approximate surface area is 167 Å². The molecule has 0 radical (unpaired) electrons. The smallest absolute Gasteiger partial charge is 0.416 e. The summed E-state index contributed by atoms with van der Waals surface area (Å²) in [5.74, 6) is 0. The number of piperazine rings is 1. The van der Waals surface area contributed by atoms with Crippen LogP contribution in [0.15, 0.2) is 18.2 Å². The average molecular weight is 412 g/mol. The number of hydrogen-bond acceptors (Lipinski definition) is 4. The maximum Gasteiger partial charge on any atom is 0.416 e. The number of hydrogen-bond donors (Lipinski definition) is 1. The van der Waals surface area contributed by atoms with E-state index in [0.29, 0.717) is 0 Å². The Balaban J connectivity index is 1.93. The second-order valence-corrected chi connectivity index (χ2v) is 7.59. The van der Waals surface area contributed by atoms with E-state index in [1.54, 1.807) is 26.8 Å². The quantitative estimate of drug-likeness (QED) is 0.807. The van der Waals surface area contributed by atoms with Crippen molar-refractivity contribution in [3.63, 3.8) is 0 Å². The highest BCUT2D eigenvalue weighted by atomic mass is 19.4. The summed E-state index contributed by atoms with van der Waals surface area (Å²) < 4.78 is 44.9. The number of halogens is 3. The first-order chi connectivity index (χ1) is 13.4. The number of carbonyl (C=O) groups excluding carboxylic acids is 2. The highest BCUT2D eigenvalue weighted by Gasteiger charge is 2.34. The van der Waals surface area contributed by atoms with E-state index in [0.717, 1.165) is 6.07 Å². The zero-order valence-electron chi connectivity index (χ0n) is 16.5. The number of rotatable bonds is 2. The first-order valence-electron chi connectivity index (χ1n) is 9.01. The van der Waals surface area contributed by atoms with Crippen LogP contribution in [0.3, 0.4) is 0 Å². The van der Waals surface area contributed by atoms with E-state index in [2.05, 4.69) is 5.32 Å². The number of nitrogens with one attached hydrogen (secondary N) is 1. The van der Waals surface area contributed by atoms with Crippen LogP contribution in [0.2, 0.25) is 0 Å². The Hall–Kier alpha value is -2.96. The summed E-state index contributed by atoms with van der Waals surface area (Å²) in [5.41, 5.74) is -1.81. The predicted octanol–water partition coefficient (Wildman–Crippen LogP) is 3.34. The lowest BCUT2D eigenvalue weighted by Crippen LogP contribution is -2.53. The van der Waals surface area contributed by atoms with Gasteiger partial charge in [0.05, 0.1) is 17.2 Å². The Morgan fingerprint density at radius 1 is 1.14 bits per heavy atom. The lowest BCUT2D eigenvalue weighted by atomic mass is 10.0. The number of carbonyl (C=O) groups is 2. The van der Waals surface area contributed by atoms with Gasteiger partial charge in [0.2, 0.25) is 0 Å². The van der Waals surface area contributed by atoms with Crippen molar-refractivity contribution in [3.8, 4) is 6.07 Å². The van der Waals surface area contributed by atoms with Gasteiger partial charge in [0.1, 0.15) is 5.60 Å². The summed E-state index contributed by atoms with van der Waals surface area (Å²) in [6, 6.07) is 4.37. The number of amides is 3. The van der Waals surface area contributed by atoms with Gasteiger partial charge < -0.3 is 19.9 Å². The molecule has 10 heteroatoms. The standard InChI is InChI=1S/C19H23F3N4O3/c1-18(2,3)29-17(28)26-8-6-25(7-9-26)16(27)24-12-14-5-4-13(11-23)10-15(14)19(20,21)22/h4-5,10H,6-9,12H2,1-3H3,(H,24,27). The molecule has 0 unspecified atom stereocenters. The Morgan fingerprint density at radius 2 is 1.72 bits per heavy atom. The minimum atomic E-state index is -4.63. The molecule has 0 aromatic heterocycles. The van der Waals surface area contributed by atoms with Crippen LogP contribution in [0.4, 0.5) is 22.8 Å². The number of ether oxygens (including phenoxy) is 1. The molecule has 1 heterocycles. The molecular weight excluding hydrogens is 389 g/mol. The van der Waals surface area contributed by atoms with Crippen LogP contribution in [0, 0.1) is 11.3 Å². The second kappa shape index (κ2) is 8.59. The molecule has 1 N–H and O–H groups in total. The zero-order valence-corrected chi connectivity index (χ0v) is 16.5. The van der Waals surface area contributed by atoms with Gasteiger partial charge in [-0.15, -0.1) is 0 Å². The van der Waals surface area contributed by atoms with Crippen molar-refractivity contribution in [2.24, 2.45) is 0 Å². The van der Waals surface area contributed by atoms with Crippen molar-refractivity contribution in [1.29, 1.82) is 5.26 Å². The summed E-state index contributed by atoms with van der Waals surface area (Å²) >= 11 is 0. The van der Waals surface area contributed by atoms with Crippen LogP contribution in [0.5, 0.6) is 0 Å². The monoisotopic (exact) mass is 412 g/mol. The van der Waals surface area contributed by atoms with Gasteiger partial charge in [-0.05, 0) is 38.5 Å². The molecule has 2 rings (SSSR count). The summed E-state index contributed by atoms with van der Waals surface area (Å²) in [6.45, 7) is 5.97. The Morgan fingerprint density at radius 3 is 2.24 bits per heavy atom. The van der Waals surface area contributed by atoms with E-state index in [9.17, 15) is 22.8 Å². The van der Waals surface area contributed by atoms with Crippen LogP contribution >= 0.6 is 0 Å². The number of benzene rings is 1. The summed E-state index contributed by atoms with van der Waals surface area (Å²) in [6.07, 6.45) is -5.10. The van der Waals surface area contributed by atoms with E-state index in [1.165, 1.54) is 21.9 Å². The summed E-state index contributed by atoms with van der Waals surface area (Å²) in [5, 5.41) is 11.3. The number of nitrogens with zero attached hydrogens (tertiary/aromatic N) is 3. The molecule has 0 spiro atoms. The molecule has 3 amide bonds. The molecule has 0 bridgehead atoms. The normalized spacial score (nSPS) is 14.9. The predicted molar refractivity (Wildman–Crippen MR) is 97.8 cm³/mol. The molecule has 29 heavy (non-hydrogen) atoms. The molecule has 0 aliphatic carbocycles. The lowest BCUT2D eigenvalue weighted by Gasteiger charge is -2.35. The molecule has 7 nitrogen and oxygen atoms in total. The number of nitriles is 1. The van der Waals surface area contributed by atoms with Crippen LogP contribution in [0.25, 0.3) is 0 Å². The number of alkyl halides is 3. The molecule has 1 aromatic carbocycles. The van der Waals surface area contributed by atoms with E-state index in [-0.39, 0.29) is 43.9 Å². The topological polar surface area (TPSA) is 85.7 Å². The molecule has 0 saturated carbocycles. The molecule has 0 atom stereocenters. The molecule has 1 saturated heterocycles. The van der Waals surface area contributed by atoms with Gasteiger partial charge in [-0.25, -0.2) is 9.59 Å². The van der Waals surface area contributed by atoms with Crippen molar-refractivity contribution in [2.45, 2.75) is 39.1 Å². The number of urea groups is 1. The highest BCUT2D eigenvalue weighted by Crippen LogP contribution is 2.32. The van der Waals surface area contributed by atoms with E-state index < -0.39 is 29.5 Å². The SMILES string of the molecule is CC(C)(C)OC(=O)N1CCN(C(=O)NCc2ccc(C#N)cc2C(F)(F)F)CC1. The summed E-state index contributed by atoms with van der Waals surface area (Å²) in [7, 11) is 0. The Bertz CT molecular complexity index is 804. The van der Waals surface area contributed by atoms with Crippen LogP contribution in [0.1, 0.15) is 37.5 Å². The second-order valence-electron chi connectivity index (χ2n) is 7.59. The van der Waals surface area contributed by atoms with E-state index >= 15 is 0 Å². The van der Waals surface area contributed by atoms with Crippen LogP contribution < -0.4 is 5.32 Å². The van der Waals surface area contributed by atoms with Crippen LogP contribution in [-0.2, 0) is 17.5 Å². The van der Waals surface area contributed by atoms with Gasteiger partial charge >= 0.3 is 18.3 Å². The summed E-state index contributed by atoms with van der Waals surface area (Å²) in [4.78, 5) is 27.3.